The van der Waals surface area contributed by atoms with Crippen molar-refractivity contribution < 1.29 is 14.0 Å². The van der Waals surface area contributed by atoms with Gasteiger partial charge in [0.15, 0.2) is 6.17 Å². The average Bonchev–Trinajstić information content (AvgIpc) is 1.93. The van der Waals surface area contributed by atoms with E-state index in [0.29, 0.717) is 0 Å². The first-order chi connectivity index (χ1) is 4.63. The highest BCUT2D eigenvalue weighted by Gasteiger charge is 2.30. The molecule has 1 unspecified atom stereocenters. The molecule has 0 aromatic carbocycles. The number of imide groups is 1. The van der Waals surface area contributed by atoms with Gasteiger partial charge in [-0.05, 0) is 0 Å². The molecule has 1 aliphatic heterocycles. The number of hydrogen-bond donors (Lipinski definition) is 1. The maximum absolute atomic E-state index is 12.4. The van der Waals surface area contributed by atoms with Crippen molar-refractivity contribution in [2.24, 2.45) is 0 Å². The lowest BCUT2D eigenvalue weighted by Crippen LogP contribution is -2.54. The van der Waals surface area contributed by atoms with E-state index < -0.39 is 18.1 Å². The van der Waals surface area contributed by atoms with Crippen molar-refractivity contribution in [3.8, 4) is 0 Å². The lowest BCUT2D eigenvalue weighted by atomic mass is 10.3. The van der Waals surface area contributed by atoms with Crippen LogP contribution in [0.3, 0.4) is 0 Å². The third-order valence-corrected chi connectivity index (χ3v) is 1.34. The number of alkyl halides is 1. The maximum Gasteiger partial charge on any atom is 0.324 e. The second-order valence-corrected chi connectivity index (χ2v) is 2.05. The number of nitrogens with one attached hydrogen (secondary N) is 1. The Balaban J connectivity index is 2.70. The smallest absolute Gasteiger partial charge is 0.324 e. The molecule has 0 bridgehead atoms. The van der Waals surface area contributed by atoms with Crippen LogP contribution >= 0.6 is 0 Å². The van der Waals surface area contributed by atoms with Crippen molar-refractivity contribution in [1.82, 2.24) is 10.2 Å². The topological polar surface area (TPSA) is 49.4 Å². The van der Waals surface area contributed by atoms with Crippen molar-refractivity contribution in [3.05, 3.63) is 0 Å². The molecule has 3 amide bonds. The normalized spacial score (nSPS) is 26.6. The van der Waals surface area contributed by atoms with Gasteiger partial charge in [0, 0.05) is 7.05 Å². The SMILES string of the molecule is CN1C(=O)NCC(F)C1=O. The van der Waals surface area contributed by atoms with Crippen molar-refractivity contribution in [2.45, 2.75) is 6.17 Å². The van der Waals surface area contributed by atoms with Gasteiger partial charge >= 0.3 is 6.03 Å². The molecule has 1 heterocycles. The number of halogens is 1. The van der Waals surface area contributed by atoms with Crippen LogP contribution in [0.5, 0.6) is 0 Å². The van der Waals surface area contributed by atoms with Gasteiger partial charge in [0.05, 0.1) is 6.54 Å². The van der Waals surface area contributed by atoms with Crippen molar-refractivity contribution in [3.63, 3.8) is 0 Å². The van der Waals surface area contributed by atoms with E-state index in [-0.39, 0.29) is 6.54 Å². The minimum atomic E-state index is -1.58. The summed E-state index contributed by atoms with van der Waals surface area (Å²) in [5, 5.41) is 2.20. The highest BCUT2D eigenvalue weighted by molar-refractivity contribution is 5.98. The van der Waals surface area contributed by atoms with E-state index in [4.69, 9.17) is 0 Å². The Morgan fingerprint density at radius 1 is 1.70 bits per heavy atom. The predicted molar refractivity (Wildman–Crippen MR) is 31.1 cm³/mol. The Bertz CT molecular complexity index is 182. The highest BCUT2D eigenvalue weighted by Crippen LogP contribution is 2.01. The number of carbonyl (C=O) groups excluding carboxylic acids is 2. The standard InChI is InChI=1S/C5H7FN2O2/c1-8-4(9)3(6)2-7-5(8)10/h3H,2H2,1H3,(H,7,10). The van der Waals surface area contributed by atoms with E-state index >= 15 is 0 Å². The summed E-state index contributed by atoms with van der Waals surface area (Å²) in [7, 11) is 1.24. The van der Waals surface area contributed by atoms with Gasteiger partial charge in [0.2, 0.25) is 0 Å². The molecule has 1 rings (SSSR count). The summed E-state index contributed by atoms with van der Waals surface area (Å²) in [5.41, 5.74) is 0. The Morgan fingerprint density at radius 3 is 2.80 bits per heavy atom. The van der Waals surface area contributed by atoms with Crippen molar-refractivity contribution in [2.75, 3.05) is 13.6 Å². The van der Waals surface area contributed by atoms with E-state index in [1.165, 1.54) is 7.05 Å². The first kappa shape index (κ1) is 6.98. The largest absolute Gasteiger partial charge is 0.334 e. The zero-order valence-corrected chi connectivity index (χ0v) is 5.43. The summed E-state index contributed by atoms with van der Waals surface area (Å²) in [6, 6.07) is -0.543. The zero-order valence-electron chi connectivity index (χ0n) is 5.43. The average molecular weight is 146 g/mol. The molecule has 1 aliphatic rings. The van der Waals surface area contributed by atoms with Gasteiger partial charge in [0.1, 0.15) is 0 Å². The number of carbonyl (C=O) groups is 2. The second-order valence-electron chi connectivity index (χ2n) is 2.05. The van der Waals surface area contributed by atoms with Gasteiger partial charge in [-0.3, -0.25) is 9.69 Å². The van der Waals surface area contributed by atoms with Gasteiger partial charge in [-0.1, -0.05) is 0 Å². The van der Waals surface area contributed by atoms with Crippen LogP contribution < -0.4 is 5.32 Å². The molecule has 0 spiro atoms. The summed E-state index contributed by atoms with van der Waals surface area (Å²) in [5.74, 6) is -0.774. The van der Waals surface area contributed by atoms with Crippen LogP contribution in [0.25, 0.3) is 0 Å². The molecule has 4 nitrogen and oxygen atoms in total. The predicted octanol–water partition coefficient (Wildman–Crippen LogP) is -0.494. The van der Waals surface area contributed by atoms with Gasteiger partial charge in [-0.25, -0.2) is 9.18 Å². The van der Waals surface area contributed by atoms with Crippen LogP contribution in [0, 0.1) is 0 Å². The van der Waals surface area contributed by atoms with E-state index in [1.807, 2.05) is 0 Å². The van der Waals surface area contributed by atoms with Crippen molar-refractivity contribution >= 4 is 11.9 Å². The number of hydrogen-bond acceptors (Lipinski definition) is 2. The molecular formula is C5H7FN2O2. The fraction of sp³-hybridized carbons (Fsp3) is 0.600. The molecular weight excluding hydrogens is 139 g/mol. The molecule has 0 aromatic rings. The molecule has 10 heavy (non-hydrogen) atoms. The van der Waals surface area contributed by atoms with Crippen LogP contribution in [-0.2, 0) is 4.79 Å². The summed E-state index contributed by atoms with van der Waals surface area (Å²) >= 11 is 0. The van der Waals surface area contributed by atoms with Crippen LogP contribution in [0.15, 0.2) is 0 Å². The van der Waals surface area contributed by atoms with Gasteiger partial charge < -0.3 is 5.32 Å². The van der Waals surface area contributed by atoms with E-state index in [2.05, 4.69) is 5.32 Å². The third kappa shape index (κ3) is 0.940. The molecule has 0 saturated carbocycles. The summed E-state index contributed by atoms with van der Waals surface area (Å²) in [6.45, 7) is -0.206. The monoisotopic (exact) mass is 146 g/mol. The van der Waals surface area contributed by atoms with Crippen LogP contribution in [0.1, 0.15) is 0 Å². The van der Waals surface area contributed by atoms with Gasteiger partial charge in [-0.2, -0.15) is 0 Å². The van der Waals surface area contributed by atoms with Gasteiger partial charge in [0.25, 0.3) is 5.91 Å². The summed E-state index contributed by atoms with van der Waals surface area (Å²) in [4.78, 5) is 21.9. The Hall–Kier alpha value is -1.13. The molecule has 1 fully saturated rings. The summed E-state index contributed by atoms with van der Waals surface area (Å²) in [6.07, 6.45) is -1.58. The molecule has 1 atom stereocenters. The third-order valence-electron chi connectivity index (χ3n) is 1.34. The van der Waals surface area contributed by atoms with Crippen LogP contribution in [-0.4, -0.2) is 36.6 Å². The fourth-order valence-electron chi connectivity index (χ4n) is 0.693. The maximum atomic E-state index is 12.4. The fourth-order valence-corrected chi connectivity index (χ4v) is 0.693. The first-order valence-electron chi connectivity index (χ1n) is 2.82. The Labute approximate surface area is 57.0 Å². The first-order valence-corrected chi connectivity index (χ1v) is 2.82. The number of amides is 3. The van der Waals surface area contributed by atoms with E-state index in [9.17, 15) is 14.0 Å². The number of rotatable bonds is 0. The summed E-state index contributed by atoms with van der Waals surface area (Å²) < 4.78 is 12.4. The van der Waals surface area contributed by atoms with E-state index in [1.54, 1.807) is 0 Å². The Morgan fingerprint density at radius 2 is 2.30 bits per heavy atom. The highest BCUT2D eigenvalue weighted by atomic mass is 19.1. The zero-order chi connectivity index (χ0) is 7.72. The molecule has 0 aliphatic carbocycles. The lowest BCUT2D eigenvalue weighted by Gasteiger charge is -2.23. The molecule has 0 aromatic heterocycles. The second kappa shape index (κ2) is 2.24. The van der Waals surface area contributed by atoms with E-state index in [0.717, 1.165) is 4.90 Å². The molecule has 5 heteroatoms. The minimum Gasteiger partial charge on any atom is -0.334 e. The number of nitrogens with zero attached hydrogens (tertiary/aromatic N) is 1. The quantitative estimate of drug-likeness (QED) is 0.501. The lowest BCUT2D eigenvalue weighted by molar-refractivity contribution is -0.133. The van der Waals surface area contributed by atoms with Crippen LogP contribution in [0.2, 0.25) is 0 Å². The Kier molecular flexibility index (Phi) is 1.57. The van der Waals surface area contributed by atoms with Crippen LogP contribution in [0.4, 0.5) is 9.18 Å². The molecule has 56 valence electrons. The minimum absolute atomic E-state index is 0.206. The molecule has 1 saturated heterocycles. The van der Waals surface area contributed by atoms with Gasteiger partial charge in [-0.15, -0.1) is 0 Å². The molecule has 0 radical (unpaired) electrons. The number of urea groups is 1. The molecule has 1 N–H and O–H groups in total. The van der Waals surface area contributed by atoms with Crippen molar-refractivity contribution in [1.29, 1.82) is 0 Å².